The second-order valence-corrected chi connectivity index (χ2v) is 12.9. The van der Waals surface area contributed by atoms with Crippen LogP contribution in [0, 0.1) is 0 Å². The molecule has 2 aliphatic heterocycles. The van der Waals surface area contributed by atoms with E-state index in [1.165, 1.54) is 43.2 Å². The maximum atomic E-state index is 10.7. The van der Waals surface area contributed by atoms with E-state index in [0.29, 0.717) is 32.1 Å². The van der Waals surface area contributed by atoms with Gasteiger partial charge in [-0.2, -0.15) is 0 Å². The molecule has 18 heteroatoms. The van der Waals surface area contributed by atoms with Gasteiger partial charge in [0.25, 0.3) is 0 Å². The Balaban J connectivity index is 1.54. The van der Waals surface area contributed by atoms with E-state index >= 15 is 0 Å². The molecule has 18 nitrogen and oxygen atoms in total. The predicted octanol–water partition coefficient (Wildman–Crippen LogP) is 1.08. The summed E-state index contributed by atoms with van der Waals surface area (Å²) in [6, 6.07) is 0. The molecule has 0 saturated carbocycles. The summed E-state index contributed by atoms with van der Waals surface area (Å²) in [4.78, 5) is 2.59. The van der Waals surface area contributed by atoms with Crippen LogP contribution in [-0.2, 0) is 41.6 Å². The van der Waals surface area contributed by atoms with E-state index in [2.05, 4.69) is 34.2 Å². The highest BCUT2D eigenvalue weighted by Crippen LogP contribution is 2.29. The molecule has 0 bridgehead atoms. The maximum Gasteiger partial charge on any atom is 0.189 e. The lowest BCUT2D eigenvalue weighted by atomic mass is 9.97. The fourth-order valence-corrected chi connectivity index (χ4v) is 5.68. The van der Waals surface area contributed by atoms with Gasteiger partial charge in [-0.15, -0.1) is 5.10 Å². The van der Waals surface area contributed by atoms with E-state index in [0.717, 1.165) is 25.7 Å². The third kappa shape index (κ3) is 13.8. The van der Waals surface area contributed by atoms with Crippen molar-refractivity contribution in [3.63, 3.8) is 0 Å². The average Bonchev–Trinajstić information content (AvgIpc) is 3.57. The van der Waals surface area contributed by atoms with Crippen molar-refractivity contribution in [2.75, 3.05) is 33.0 Å². The molecule has 50 heavy (non-hydrogen) atoms. The Morgan fingerprint density at radius 2 is 1.32 bits per heavy atom. The Kier molecular flexibility index (Phi) is 19.9. The van der Waals surface area contributed by atoms with Crippen molar-refractivity contribution in [1.29, 1.82) is 0 Å². The third-order valence-corrected chi connectivity index (χ3v) is 8.74. The number of hydrogen-bond donors (Lipinski definition) is 6. The lowest BCUT2D eigenvalue weighted by Crippen LogP contribution is -2.63. The summed E-state index contributed by atoms with van der Waals surface area (Å²) in [6.07, 6.45) is -3.11. The smallest absolute Gasteiger partial charge is 0.189 e. The van der Waals surface area contributed by atoms with Gasteiger partial charge in [0.1, 0.15) is 54.5 Å². The number of aliphatic hydroxyl groups is 6. The number of aliphatic hydroxyl groups excluding tert-OH is 6. The SMILES string of the molecule is CCCCCCCOCC(COCCCCCCC)OCc1cn(CC2O[C@H](O[C@H]3OC(CN=[N+]=[N-])[C@@H](O)C(O)C3O)C(O)C(O)[C@@H]2O)nn1. The lowest BCUT2D eigenvalue weighted by Gasteiger charge is -2.44. The molecular formula is C32H58N6O12. The van der Waals surface area contributed by atoms with Crippen molar-refractivity contribution in [1.82, 2.24) is 15.0 Å². The summed E-state index contributed by atoms with van der Waals surface area (Å²) in [6.45, 7) is 6.05. The second kappa shape index (κ2) is 23.5. The van der Waals surface area contributed by atoms with Crippen LogP contribution < -0.4 is 0 Å². The molecule has 1 aromatic rings. The van der Waals surface area contributed by atoms with E-state index in [1.54, 1.807) is 6.20 Å². The van der Waals surface area contributed by atoms with Gasteiger partial charge in [0.05, 0.1) is 45.2 Å². The maximum absolute atomic E-state index is 10.7. The van der Waals surface area contributed by atoms with E-state index in [4.69, 9.17) is 34.0 Å². The van der Waals surface area contributed by atoms with Crippen LogP contribution in [0.5, 0.6) is 0 Å². The lowest BCUT2D eigenvalue weighted by molar-refractivity contribution is -0.373. The monoisotopic (exact) mass is 718 g/mol. The van der Waals surface area contributed by atoms with Crippen molar-refractivity contribution >= 4 is 0 Å². The van der Waals surface area contributed by atoms with Gasteiger partial charge in [-0.3, -0.25) is 0 Å². The highest BCUT2D eigenvalue weighted by atomic mass is 16.8. The number of azide groups is 1. The fraction of sp³-hybridized carbons (Fsp3) is 0.938. The molecular weight excluding hydrogens is 660 g/mol. The van der Waals surface area contributed by atoms with Gasteiger partial charge in [0.2, 0.25) is 0 Å². The van der Waals surface area contributed by atoms with Crippen LogP contribution in [0.25, 0.3) is 10.4 Å². The van der Waals surface area contributed by atoms with Gasteiger partial charge in [-0.1, -0.05) is 75.5 Å². The molecule has 2 saturated heterocycles. The zero-order valence-corrected chi connectivity index (χ0v) is 29.3. The minimum Gasteiger partial charge on any atom is -0.388 e. The molecule has 0 aliphatic carbocycles. The van der Waals surface area contributed by atoms with Gasteiger partial charge < -0.3 is 59.1 Å². The zero-order valence-electron chi connectivity index (χ0n) is 29.3. The van der Waals surface area contributed by atoms with Crippen LogP contribution in [0.4, 0.5) is 0 Å². The predicted molar refractivity (Wildman–Crippen MR) is 176 cm³/mol. The number of ether oxygens (including phenoxy) is 6. The highest BCUT2D eigenvalue weighted by molar-refractivity contribution is 4.95. The summed E-state index contributed by atoms with van der Waals surface area (Å²) >= 11 is 0. The van der Waals surface area contributed by atoms with Crippen molar-refractivity contribution in [3.8, 4) is 0 Å². The van der Waals surface area contributed by atoms with Crippen LogP contribution in [0.15, 0.2) is 11.3 Å². The van der Waals surface area contributed by atoms with Gasteiger partial charge >= 0.3 is 0 Å². The standard InChI is InChI=1S/C32H58N6O12/c1-3-5-7-9-11-13-45-19-22(20-46-14-12-10-8-6-4-2)47-18-21-16-38(37-35-21)17-24-26(40)28(42)30(44)32(49-24)50-31-29(43)27(41)25(39)23(48-31)15-34-36-33/h16,22-32,39-44H,3-15,17-20H2,1-2H3/t23?,24?,25-,26-,27?,28?,29?,30?,31-,32-/m1/s1. The number of nitrogens with zero attached hydrogens (tertiary/aromatic N) is 6. The minimum absolute atomic E-state index is 0.113. The average molecular weight is 719 g/mol. The topological polar surface area (TPSA) is 256 Å². The molecule has 10 atom stereocenters. The Hall–Kier alpha value is -2.03. The molecule has 0 aromatic carbocycles. The van der Waals surface area contributed by atoms with Gasteiger partial charge in [-0.05, 0) is 18.4 Å². The molecule has 6 N–H and O–H groups in total. The summed E-state index contributed by atoms with van der Waals surface area (Å²) < 4.78 is 36.0. The van der Waals surface area contributed by atoms with Crippen molar-refractivity contribution in [2.45, 2.75) is 159 Å². The first kappa shape index (κ1) is 42.4. The number of hydrogen-bond acceptors (Lipinski definition) is 15. The van der Waals surface area contributed by atoms with Crippen LogP contribution in [-0.4, -0.2) is 146 Å². The Morgan fingerprint density at radius 3 is 1.88 bits per heavy atom. The summed E-state index contributed by atoms with van der Waals surface area (Å²) in [5, 5.41) is 74.2. The van der Waals surface area contributed by atoms with Gasteiger partial charge in [-0.25, -0.2) is 4.68 Å². The molecule has 2 fully saturated rings. The van der Waals surface area contributed by atoms with E-state index < -0.39 is 61.4 Å². The molecule has 288 valence electrons. The quantitative estimate of drug-likeness (QED) is 0.0358. The molecule has 0 spiro atoms. The second-order valence-electron chi connectivity index (χ2n) is 12.9. The zero-order chi connectivity index (χ0) is 36.3. The molecule has 1 aromatic heterocycles. The Labute approximate surface area is 293 Å². The van der Waals surface area contributed by atoms with Crippen LogP contribution in [0.2, 0.25) is 0 Å². The minimum atomic E-state index is -1.78. The van der Waals surface area contributed by atoms with E-state index in [9.17, 15) is 30.6 Å². The molecule has 3 rings (SSSR count). The van der Waals surface area contributed by atoms with E-state index in [1.807, 2.05) is 0 Å². The molecule has 0 radical (unpaired) electrons. The van der Waals surface area contributed by atoms with Crippen molar-refractivity contribution < 1.29 is 59.1 Å². The van der Waals surface area contributed by atoms with Crippen molar-refractivity contribution in [2.24, 2.45) is 5.11 Å². The first-order valence-electron chi connectivity index (χ1n) is 17.9. The molecule has 6 unspecified atom stereocenters. The number of unbranched alkanes of at least 4 members (excludes halogenated alkanes) is 8. The van der Waals surface area contributed by atoms with E-state index in [-0.39, 0.29) is 25.8 Å². The molecule has 0 amide bonds. The van der Waals surface area contributed by atoms with Crippen molar-refractivity contribution in [3.05, 3.63) is 22.3 Å². The van der Waals surface area contributed by atoms with Gasteiger partial charge in [0, 0.05) is 18.1 Å². The summed E-state index contributed by atoms with van der Waals surface area (Å²) in [5.74, 6) is 0. The number of aromatic nitrogens is 3. The van der Waals surface area contributed by atoms with Gasteiger partial charge in [0.15, 0.2) is 12.6 Å². The van der Waals surface area contributed by atoms with Crippen LogP contribution in [0.3, 0.4) is 0 Å². The Bertz CT molecular complexity index is 1080. The molecule has 3 heterocycles. The normalized spacial score (nSPS) is 30.1. The summed E-state index contributed by atoms with van der Waals surface area (Å²) in [7, 11) is 0. The largest absolute Gasteiger partial charge is 0.388 e. The summed E-state index contributed by atoms with van der Waals surface area (Å²) in [5.41, 5.74) is 9.09. The molecule has 2 aliphatic rings. The third-order valence-electron chi connectivity index (χ3n) is 8.74. The first-order chi connectivity index (χ1) is 24.2. The van der Waals surface area contributed by atoms with Crippen LogP contribution in [0.1, 0.15) is 83.7 Å². The number of rotatable bonds is 25. The highest BCUT2D eigenvalue weighted by Gasteiger charge is 2.49. The fourth-order valence-electron chi connectivity index (χ4n) is 5.68. The van der Waals surface area contributed by atoms with Crippen LogP contribution >= 0.6 is 0 Å². The first-order valence-corrected chi connectivity index (χ1v) is 17.9. The Morgan fingerprint density at radius 1 is 0.780 bits per heavy atom.